The zero-order valence-corrected chi connectivity index (χ0v) is 11.9. The number of rotatable bonds is 5. The van der Waals surface area contributed by atoms with E-state index in [0.29, 0.717) is 18.1 Å². The molecule has 2 aromatic rings. The molecule has 19 heavy (non-hydrogen) atoms. The quantitative estimate of drug-likeness (QED) is 0.781. The van der Waals surface area contributed by atoms with E-state index in [1.165, 1.54) is 0 Å². The van der Waals surface area contributed by atoms with Gasteiger partial charge in [-0.25, -0.2) is 0 Å². The molecule has 0 radical (unpaired) electrons. The van der Waals surface area contributed by atoms with Gasteiger partial charge in [0.2, 0.25) is 0 Å². The van der Waals surface area contributed by atoms with Gasteiger partial charge in [-0.2, -0.15) is 5.10 Å². The third-order valence-corrected chi connectivity index (χ3v) is 3.27. The fourth-order valence-electron chi connectivity index (χ4n) is 2.01. The molecular weight excluding hydrogens is 260 g/mol. The molecule has 1 aromatic carbocycles. The van der Waals surface area contributed by atoms with Crippen molar-refractivity contribution in [1.82, 2.24) is 9.78 Å². The van der Waals surface area contributed by atoms with Crippen molar-refractivity contribution in [2.24, 2.45) is 7.05 Å². The molecule has 0 unspecified atom stereocenters. The molecule has 0 N–H and O–H groups in total. The van der Waals surface area contributed by atoms with Crippen molar-refractivity contribution in [3.8, 4) is 5.75 Å². The Hall–Kier alpha value is -1.74. The average molecular weight is 277 g/mol. The maximum Gasteiger partial charge on any atom is 0.124 e. The van der Waals surface area contributed by atoms with Crippen LogP contribution >= 0.6 is 11.6 Å². The van der Waals surface area contributed by atoms with Crippen molar-refractivity contribution in [1.29, 1.82) is 0 Å². The second-order valence-corrected chi connectivity index (χ2v) is 4.81. The Kier molecular flexibility index (Phi) is 4.27. The van der Waals surface area contributed by atoms with Gasteiger partial charge < -0.3 is 4.74 Å². The largest absolute Gasteiger partial charge is 0.489 e. The Morgan fingerprint density at radius 1 is 1.47 bits per heavy atom. The fourth-order valence-corrected chi connectivity index (χ4v) is 2.24. The molecular formula is C15H17ClN2O. The van der Waals surface area contributed by atoms with E-state index in [2.05, 4.69) is 11.7 Å². The molecule has 4 heteroatoms. The molecule has 0 spiro atoms. The van der Waals surface area contributed by atoms with Gasteiger partial charge in [-0.3, -0.25) is 4.68 Å². The Balaban J connectivity index is 2.32. The normalized spacial score (nSPS) is 10.5. The number of aromatic nitrogens is 2. The summed E-state index contributed by atoms with van der Waals surface area (Å²) >= 11 is 6.28. The molecule has 100 valence electrons. The summed E-state index contributed by atoms with van der Waals surface area (Å²) in [5.41, 5.74) is 3.15. The van der Waals surface area contributed by atoms with Crippen LogP contribution in [0.15, 0.2) is 37.1 Å². The van der Waals surface area contributed by atoms with Crippen molar-refractivity contribution >= 4 is 11.6 Å². The monoisotopic (exact) mass is 276 g/mol. The number of ether oxygens (including phenoxy) is 1. The second kappa shape index (κ2) is 5.93. The van der Waals surface area contributed by atoms with E-state index in [4.69, 9.17) is 16.3 Å². The summed E-state index contributed by atoms with van der Waals surface area (Å²) in [6.07, 6.45) is 4.45. The first-order valence-corrected chi connectivity index (χ1v) is 6.50. The molecule has 0 bridgehead atoms. The summed E-state index contributed by atoms with van der Waals surface area (Å²) in [5.74, 6) is 0.802. The van der Waals surface area contributed by atoms with Crippen LogP contribution in [0.5, 0.6) is 5.75 Å². The topological polar surface area (TPSA) is 27.1 Å². The van der Waals surface area contributed by atoms with Crippen molar-refractivity contribution in [2.45, 2.75) is 13.3 Å². The highest BCUT2D eigenvalue weighted by molar-refractivity contribution is 6.31. The predicted molar refractivity (Wildman–Crippen MR) is 77.9 cm³/mol. The van der Waals surface area contributed by atoms with Crippen molar-refractivity contribution < 1.29 is 4.74 Å². The van der Waals surface area contributed by atoms with E-state index >= 15 is 0 Å². The first-order valence-electron chi connectivity index (χ1n) is 6.12. The number of halogens is 1. The third kappa shape index (κ3) is 3.18. The van der Waals surface area contributed by atoms with Crippen molar-refractivity contribution in [3.63, 3.8) is 0 Å². The molecule has 0 saturated heterocycles. The molecule has 3 nitrogen and oxygen atoms in total. The number of nitrogens with zero attached hydrogens (tertiary/aromatic N) is 2. The van der Waals surface area contributed by atoms with Crippen LogP contribution in [0.25, 0.3) is 0 Å². The Morgan fingerprint density at radius 3 is 2.89 bits per heavy atom. The van der Waals surface area contributed by atoms with Gasteiger partial charge in [0.05, 0.1) is 5.69 Å². The van der Waals surface area contributed by atoms with Gasteiger partial charge in [-0.1, -0.05) is 30.3 Å². The molecule has 0 atom stereocenters. The summed E-state index contributed by atoms with van der Waals surface area (Å²) in [5, 5.41) is 5.06. The lowest BCUT2D eigenvalue weighted by atomic mass is 10.0. The summed E-state index contributed by atoms with van der Waals surface area (Å²) in [7, 11) is 1.91. The van der Waals surface area contributed by atoms with E-state index in [-0.39, 0.29) is 0 Å². The second-order valence-electron chi connectivity index (χ2n) is 4.41. The minimum Gasteiger partial charge on any atom is -0.489 e. The van der Waals surface area contributed by atoms with E-state index in [0.717, 1.165) is 22.6 Å². The van der Waals surface area contributed by atoms with Gasteiger partial charge in [0.25, 0.3) is 0 Å². The highest BCUT2D eigenvalue weighted by atomic mass is 35.5. The molecule has 0 aliphatic carbocycles. The predicted octanol–water partition coefficient (Wildman–Crippen LogP) is 3.54. The number of hydrogen-bond donors (Lipinski definition) is 0. The van der Waals surface area contributed by atoms with Crippen LogP contribution in [0.2, 0.25) is 5.02 Å². The van der Waals surface area contributed by atoms with Gasteiger partial charge in [0.1, 0.15) is 12.4 Å². The SMILES string of the molecule is C=CCOc1cccc(Cl)c1Cc1cn(C)nc1C. The van der Waals surface area contributed by atoms with Gasteiger partial charge in [-0.05, 0) is 24.6 Å². The molecule has 0 saturated carbocycles. The lowest BCUT2D eigenvalue weighted by Crippen LogP contribution is -1.99. The van der Waals surface area contributed by atoms with Crippen LogP contribution in [0, 0.1) is 6.92 Å². The lowest BCUT2D eigenvalue weighted by molar-refractivity contribution is 0.360. The summed E-state index contributed by atoms with van der Waals surface area (Å²) in [6.45, 7) is 6.13. The number of aryl methyl sites for hydroxylation is 2. The molecule has 1 aromatic heterocycles. The van der Waals surface area contributed by atoms with Gasteiger partial charge in [0, 0.05) is 30.3 Å². The first kappa shape index (κ1) is 13.7. The highest BCUT2D eigenvalue weighted by Gasteiger charge is 2.12. The van der Waals surface area contributed by atoms with Crippen LogP contribution in [-0.2, 0) is 13.5 Å². The average Bonchev–Trinajstić information content (AvgIpc) is 2.68. The number of hydrogen-bond acceptors (Lipinski definition) is 2. The fraction of sp³-hybridized carbons (Fsp3) is 0.267. The van der Waals surface area contributed by atoms with Crippen LogP contribution in [0.1, 0.15) is 16.8 Å². The summed E-state index contributed by atoms with van der Waals surface area (Å²) in [6, 6.07) is 5.69. The van der Waals surface area contributed by atoms with Gasteiger partial charge in [-0.15, -0.1) is 0 Å². The molecule has 0 aliphatic heterocycles. The highest BCUT2D eigenvalue weighted by Crippen LogP contribution is 2.29. The van der Waals surface area contributed by atoms with Gasteiger partial charge in [0.15, 0.2) is 0 Å². The van der Waals surface area contributed by atoms with E-state index in [1.54, 1.807) is 6.08 Å². The van der Waals surface area contributed by atoms with E-state index in [9.17, 15) is 0 Å². The van der Waals surface area contributed by atoms with Crippen molar-refractivity contribution in [3.05, 3.63) is 58.9 Å². The van der Waals surface area contributed by atoms with Crippen LogP contribution < -0.4 is 4.74 Å². The Morgan fingerprint density at radius 2 is 2.26 bits per heavy atom. The zero-order chi connectivity index (χ0) is 13.8. The van der Waals surface area contributed by atoms with Crippen molar-refractivity contribution in [2.75, 3.05) is 6.61 Å². The molecule has 0 amide bonds. The number of benzene rings is 1. The van der Waals surface area contributed by atoms with Crippen LogP contribution in [-0.4, -0.2) is 16.4 Å². The Labute approximate surface area is 118 Å². The molecule has 0 fully saturated rings. The summed E-state index contributed by atoms with van der Waals surface area (Å²) < 4.78 is 7.47. The zero-order valence-electron chi connectivity index (χ0n) is 11.2. The standard InChI is InChI=1S/C15H17ClN2O/c1-4-8-19-15-7-5-6-14(16)13(15)9-12-10-18(3)17-11(12)2/h4-7,10H,1,8-9H2,2-3H3. The smallest absolute Gasteiger partial charge is 0.124 e. The summed E-state index contributed by atoms with van der Waals surface area (Å²) in [4.78, 5) is 0. The molecule has 0 aliphatic rings. The minimum atomic E-state index is 0.472. The lowest BCUT2D eigenvalue weighted by Gasteiger charge is -2.11. The minimum absolute atomic E-state index is 0.472. The van der Waals surface area contributed by atoms with E-state index in [1.807, 2.05) is 43.0 Å². The third-order valence-electron chi connectivity index (χ3n) is 2.91. The molecule has 2 rings (SSSR count). The molecule has 1 heterocycles. The maximum atomic E-state index is 6.28. The maximum absolute atomic E-state index is 6.28. The van der Waals surface area contributed by atoms with Crippen LogP contribution in [0.4, 0.5) is 0 Å². The first-order chi connectivity index (χ1) is 9.11. The van der Waals surface area contributed by atoms with E-state index < -0.39 is 0 Å². The van der Waals surface area contributed by atoms with Crippen LogP contribution in [0.3, 0.4) is 0 Å². The van der Waals surface area contributed by atoms with Gasteiger partial charge >= 0.3 is 0 Å². The Bertz CT molecular complexity index is 590.